The minimum Gasteiger partial charge on any atom is -0.493 e. The van der Waals surface area contributed by atoms with Crippen LogP contribution in [0.15, 0.2) is 84.9 Å². The van der Waals surface area contributed by atoms with E-state index in [-0.39, 0.29) is 6.61 Å². The highest BCUT2D eigenvalue weighted by atomic mass is 35.5. The molecule has 0 saturated heterocycles. The standard InChI is InChI=1S/C31H33ClN2O3/c1-22(2)30(35)37-20-6-19-36-28-17-11-25(12-18-28)29(32)31(3,21-33)26-13-7-23(8-14-26)24-9-15-27(16-10-24)34(4)5/h7-18,29H,1,6,19-20H2,2-5H3. The van der Waals surface area contributed by atoms with E-state index in [0.29, 0.717) is 24.4 Å². The molecule has 0 N–H and O–H groups in total. The summed E-state index contributed by atoms with van der Waals surface area (Å²) in [5.74, 6) is 0.286. The van der Waals surface area contributed by atoms with Gasteiger partial charge >= 0.3 is 5.97 Å². The SMILES string of the molecule is C=C(C)C(=O)OCCCOc1ccc(C(Cl)C(C)(C#N)c2ccc(-c3ccc(N(C)C)cc3)cc2)cc1. The van der Waals surface area contributed by atoms with Gasteiger partial charge in [-0.1, -0.05) is 55.1 Å². The number of hydrogen-bond donors (Lipinski definition) is 0. The van der Waals surface area contributed by atoms with Crippen molar-refractivity contribution in [2.45, 2.75) is 31.1 Å². The van der Waals surface area contributed by atoms with Gasteiger partial charge in [0.1, 0.15) is 5.75 Å². The summed E-state index contributed by atoms with van der Waals surface area (Å²) in [7, 11) is 4.03. The van der Waals surface area contributed by atoms with E-state index >= 15 is 0 Å². The first-order valence-electron chi connectivity index (χ1n) is 12.1. The summed E-state index contributed by atoms with van der Waals surface area (Å²) in [6.45, 7) is 7.71. The third-order valence-electron chi connectivity index (χ3n) is 6.25. The van der Waals surface area contributed by atoms with Gasteiger partial charge in [-0.25, -0.2) is 4.79 Å². The van der Waals surface area contributed by atoms with Gasteiger partial charge in [0.2, 0.25) is 0 Å². The quantitative estimate of drug-likeness (QED) is 0.118. The fourth-order valence-corrected chi connectivity index (χ4v) is 4.15. The summed E-state index contributed by atoms with van der Waals surface area (Å²) >= 11 is 6.88. The third kappa shape index (κ3) is 6.93. The summed E-state index contributed by atoms with van der Waals surface area (Å²) in [6.07, 6.45) is 0.571. The van der Waals surface area contributed by atoms with Crippen molar-refractivity contribution in [3.8, 4) is 22.9 Å². The number of nitrogens with zero attached hydrogens (tertiary/aromatic N) is 2. The minimum absolute atomic E-state index is 0.272. The van der Waals surface area contributed by atoms with E-state index in [9.17, 15) is 10.1 Å². The van der Waals surface area contributed by atoms with E-state index in [4.69, 9.17) is 21.1 Å². The molecule has 0 saturated carbocycles. The molecule has 6 heteroatoms. The fourth-order valence-electron chi connectivity index (χ4n) is 3.83. The lowest BCUT2D eigenvalue weighted by Crippen LogP contribution is -2.25. The van der Waals surface area contributed by atoms with Crippen LogP contribution in [0.5, 0.6) is 5.75 Å². The highest BCUT2D eigenvalue weighted by molar-refractivity contribution is 6.22. The van der Waals surface area contributed by atoms with Gasteiger partial charge in [-0.15, -0.1) is 11.6 Å². The molecular weight excluding hydrogens is 484 g/mol. The Bertz CT molecular complexity index is 1250. The highest BCUT2D eigenvalue weighted by Gasteiger charge is 2.36. The van der Waals surface area contributed by atoms with Crippen LogP contribution in [0, 0.1) is 11.3 Å². The molecule has 3 aromatic rings. The molecule has 0 heterocycles. The van der Waals surface area contributed by atoms with Crippen molar-refractivity contribution in [3.05, 3.63) is 96.1 Å². The minimum atomic E-state index is -0.926. The monoisotopic (exact) mass is 516 g/mol. The maximum atomic E-state index is 11.4. The second kappa shape index (κ2) is 12.5. The topological polar surface area (TPSA) is 62.6 Å². The number of hydrogen-bond acceptors (Lipinski definition) is 5. The van der Waals surface area contributed by atoms with E-state index in [1.165, 1.54) is 0 Å². The van der Waals surface area contributed by atoms with Crippen molar-refractivity contribution in [3.63, 3.8) is 0 Å². The molecule has 0 aliphatic heterocycles. The van der Waals surface area contributed by atoms with E-state index in [0.717, 1.165) is 27.9 Å². The molecule has 37 heavy (non-hydrogen) atoms. The van der Waals surface area contributed by atoms with Gasteiger partial charge in [0, 0.05) is 31.8 Å². The van der Waals surface area contributed by atoms with E-state index < -0.39 is 16.8 Å². The van der Waals surface area contributed by atoms with Gasteiger partial charge < -0.3 is 14.4 Å². The van der Waals surface area contributed by atoms with Gasteiger partial charge in [0.25, 0.3) is 0 Å². The first kappa shape index (κ1) is 27.8. The van der Waals surface area contributed by atoms with Crippen LogP contribution in [0.3, 0.4) is 0 Å². The van der Waals surface area contributed by atoms with Crippen molar-refractivity contribution in [1.29, 1.82) is 5.26 Å². The van der Waals surface area contributed by atoms with E-state index in [1.54, 1.807) is 6.92 Å². The van der Waals surface area contributed by atoms with Crippen molar-refractivity contribution >= 4 is 23.3 Å². The van der Waals surface area contributed by atoms with Crippen LogP contribution in [0.2, 0.25) is 0 Å². The van der Waals surface area contributed by atoms with Crippen LogP contribution in [0.4, 0.5) is 5.69 Å². The number of anilines is 1. The van der Waals surface area contributed by atoms with Crippen molar-refractivity contribution in [1.82, 2.24) is 0 Å². The summed E-state index contributed by atoms with van der Waals surface area (Å²) in [5, 5.41) is 9.57. The number of alkyl halides is 1. The average molecular weight is 517 g/mol. The van der Waals surface area contributed by atoms with Gasteiger partial charge in [-0.05, 0) is 60.4 Å². The van der Waals surface area contributed by atoms with Gasteiger partial charge in [-0.2, -0.15) is 5.26 Å². The number of esters is 1. The van der Waals surface area contributed by atoms with Gasteiger partial charge in [0.15, 0.2) is 0 Å². The molecule has 3 aromatic carbocycles. The largest absolute Gasteiger partial charge is 0.493 e. The maximum absolute atomic E-state index is 11.4. The Hall–Kier alpha value is -3.75. The Morgan fingerprint density at radius 1 is 1.00 bits per heavy atom. The summed E-state index contributed by atoms with van der Waals surface area (Å²) in [4.78, 5) is 13.5. The van der Waals surface area contributed by atoms with Crippen LogP contribution in [0.1, 0.15) is 36.8 Å². The lowest BCUT2D eigenvalue weighted by atomic mass is 9.77. The molecule has 0 amide bonds. The number of nitriles is 1. The molecule has 0 aromatic heterocycles. The zero-order chi connectivity index (χ0) is 27.0. The Kier molecular flexibility index (Phi) is 9.38. The van der Waals surface area contributed by atoms with Crippen LogP contribution >= 0.6 is 11.6 Å². The van der Waals surface area contributed by atoms with Crippen molar-refractivity contribution < 1.29 is 14.3 Å². The Balaban J connectivity index is 1.64. The number of ether oxygens (including phenoxy) is 2. The maximum Gasteiger partial charge on any atom is 0.333 e. The molecule has 0 fully saturated rings. The number of rotatable bonds is 11. The first-order chi connectivity index (χ1) is 17.7. The molecule has 0 spiro atoms. The molecule has 0 aliphatic rings. The third-order valence-corrected chi connectivity index (χ3v) is 6.94. The predicted octanol–water partition coefficient (Wildman–Crippen LogP) is 7.07. The van der Waals surface area contributed by atoms with Crippen LogP contribution in [-0.4, -0.2) is 33.3 Å². The summed E-state index contributed by atoms with van der Waals surface area (Å²) in [5.41, 5.74) is 4.47. The van der Waals surface area contributed by atoms with Crippen LogP contribution in [-0.2, 0) is 14.9 Å². The Morgan fingerprint density at radius 3 is 2.08 bits per heavy atom. The molecule has 192 valence electrons. The van der Waals surface area contributed by atoms with Gasteiger partial charge in [0.05, 0.1) is 30.1 Å². The van der Waals surface area contributed by atoms with Gasteiger partial charge in [-0.3, -0.25) is 0 Å². The number of carbonyl (C=O) groups excluding carboxylic acids is 1. The smallest absolute Gasteiger partial charge is 0.333 e. The molecule has 0 bridgehead atoms. The van der Waals surface area contributed by atoms with Crippen LogP contribution in [0.25, 0.3) is 11.1 Å². The normalized spacial score (nSPS) is 13.1. The zero-order valence-corrected chi connectivity index (χ0v) is 22.6. The fraction of sp³-hybridized carbons (Fsp3) is 0.290. The lowest BCUT2D eigenvalue weighted by Gasteiger charge is -2.28. The molecule has 0 aliphatic carbocycles. The number of benzene rings is 3. The molecule has 2 unspecified atom stereocenters. The van der Waals surface area contributed by atoms with Crippen molar-refractivity contribution in [2.24, 2.45) is 0 Å². The highest BCUT2D eigenvalue weighted by Crippen LogP contribution is 2.42. The summed E-state index contributed by atoms with van der Waals surface area (Å²) in [6, 6.07) is 26.2. The lowest BCUT2D eigenvalue weighted by molar-refractivity contribution is -0.139. The van der Waals surface area contributed by atoms with E-state index in [2.05, 4.69) is 41.8 Å². The summed E-state index contributed by atoms with van der Waals surface area (Å²) < 4.78 is 10.8. The molecule has 0 radical (unpaired) electrons. The van der Waals surface area contributed by atoms with Crippen molar-refractivity contribution in [2.75, 3.05) is 32.2 Å². The number of halogens is 1. The van der Waals surface area contributed by atoms with Crippen LogP contribution < -0.4 is 9.64 Å². The Labute approximate surface area is 224 Å². The Morgan fingerprint density at radius 2 is 1.57 bits per heavy atom. The molecule has 2 atom stereocenters. The second-order valence-corrected chi connectivity index (χ2v) is 9.82. The molecule has 5 nitrogen and oxygen atoms in total. The molecule has 3 rings (SSSR count). The average Bonchev–Trinajstić information content (AvgIpc) is 2.92. The zero-order valence-electron chi connectivity index (χ0n) is 21.8. The second-order valence-electron chi connectivity index (χ2n) is 9.38. The first-order valence-corrected chi connectivity index (χ1v) is 12.6. The number of carbonyl (C=O) groups is 1. The van der Waals surface area contributed by atoms with E-state index in [1.807, 2.05) is 69.6 Å². The predicted molar refractivity (Wildman–Crippen MR) is 150 cm³/mol. The molecular formula is C31H33ClN2O3.